The van der Waals surface area contributed by atoms with E-state index in [1.807, 2.05) is 0 Å². The summed E-state index contributed by atoms with van der Waals surface area (Å²) in [7, 11) is 0. The average Bonchev–Trinajstić information content (AvgIpc) is 3.26. The molecule has 0 spiro atoms. The van der Waals surface area contributed by atoms with Crippen molar-refractivity contribution in [3.05, 3.63) is 0 Å². The molecule has 13 N–H and O–H groups in total. The molecule has 0 saturated heterocycles. The fraction of sp³-hybridized carbons (Fsp3) is 0.792. The molecular formula is C48H85N7O10. The largest absolute Gasteiger partial charge is 0.480 e. The number of carbonyl (C=O) groups is 6. The number of carbonyl (C=O) groups excluding carboxylic acids is 5. The van der Waals surface area contributed by atoms with Crippen molar-refractivity contribution < 1.29 is 49.2 Å². The molecule has 0 unspecified atom stereocenters. The van der Waals surface area contributed by atoms with Gasteiger partial charge in [-0.05, 0) is 96.6 Å². The van der Waals surface area contributed by atoms with Gasteiger partial charge in [-0.2, -0.15) is 0 Å². The topological polar surface area (TPSA) is 296 Å². The second-order valence-corrected chi connectivity index (χ2v) is 16.9. The molecule has 0 aromatic heterocycles. The maximum atomic E-state index is 13.5. The third-order valence-electron chi connectivity index (χ3n) is 11.0. The number of unbranched alkanes of at least 4 members (excludes halogenated alkanes) is 18. The Morgan fingerprint density at radius 1 is 0.492 bits per heavy atom. The van der Waals surface area contributed by atoms with Crippen molar-refractivity contribution >= 4 is 35.5 Å². The zero-order valence-electron chi connectivity index (χ0n) is 39.7. The first-order valence-corrected chi connectivity index (χ1v) is 24.3. The van der Waals surface area contributed by atoms with E-state index in [4.69, 9.17) is 11.5 Å². The van der Waals surface area contributed by atoms with Crippen LogP contribution in [0.3, 0.4) is 0 Å². The number of aliphatic carboxylic acids is 1. The zero-order chi connectivity index (χ0) is 48.7. The van der Waals surface area contributed by atoms with Crippen LogP contribution in [0.4, 0.5) is 0 Å². The third kappa shape index (κ3) is 31.3. The Morgan fingerprint density at radius 2 is 0.877 bits per heavy atom. The van der Waals surface area contributed by atoms with E-state index >= 15 is 0 Å². The van der Waals surface area contributed by atoms with Gasteiger partial charge in [-0.15, -0.1) is 0 Å². The van der Waals surface area contributed by atoms with Crippen molar-refractivity contribution in [2.45, 2.75) is 224 Å². The summed E-state index contributed by atoms with van der Waals surface area (Å²) in [5, 5.41) is 51.7. The fourth-order valence-corrected chi connectivity index (χ4v) is 6.94. The van der Waals surface area contributed by atoms with E-state index in [9.17, 15) is 49.2 Å². The van der Waals surface area contributed by atoms with Crippen LogP contribution in [0.25, 0.3) is 0 Å². The summed E-state index contributed by atoms with van der Waals surface area (Å²) in [4.78, 5) is 77.6. The lowest BCUT2D eigenvalue weighted by Crippen LogP contribution is -2.62. The lowest BCUT2D eigenvalue weighted by molar-refractivity contribution is -0.143. The Bertz CT molecular complexity index is 1470. The van der Waals surface area contributed by atoms with E-state index in [1.54, 1.807) is 0 Å². The zero-order valence-corrected chi connectivity index (χ0v) is 39.7. The monoisotopic (exact) mass is 920 g/mol. The van der Waals surface area contributed by atoms with Crippen molar-refractivity contribution in [2.75, 3.05) is 19.7 Å². The highest BCUT2D eigenvalue weighted by molar-refractivity contribution is 5.96. The van der Waals surface area contributed by atoms with Crippen LogP contribution in [-0.2, 0) is 28.8 Å². The van der Waals surface area contributed by atoms with E-state index in [1.165, 1.54) is 71.6 Å². The molecule has 0 aromatic carbocycles. The van der Waals surface area contributed by atoms with Crippen LogP contribution in [0.2, 0.25) is 0 Å². The van der Waals surface area contributed by atoms with E-state index in [2.05, 4.69) is 57.2 Å². The molecule has 0 rings (SSSR count). The van der Waals surface area contributed by atoms with E-state index < -0.39 is 78.6 Å². The first kappa shape index (κ1) is 60.7. The van der Waals surface area contributed by atoms with Crippen LogP contribution in [0.1, 0.15) is 181 Å². The van der Waals surface area contributed by atoms with Gasteiger partial charge in [0.15, 0.2) is 0 Å². The van der Waals surface area contributed by atoms with Gasteiger partial charge in [0.05, 0.1) is 18.8 Å². The first-order chi connectivity index (χ1) is 31.2. The molecular weight excluding hydrogens is 835 g/mol. The van der Waals surface area contributed by atoms with Gasteiger partial charge in [0.25, 0.3) is 0 Å². The first-order valence-electron chi connectivity index (χ1n) is 24.3. The Balaban J connectivity index is 5.03. The molecule has 7 atom stereocenters. The number of nitrogens with two attached hydrogens (primary N) is 2. The lowest BCUT2D eigenvalue weighted by Gasteiger charge is -2.29. The summed E-state index contributed by atoms with van der Waals surface area (Å²) in [6.07, 6.45) is 19.5. The number of hydrogen-bond acceptors (Lipinski definition) is 11. The van der Waals surface area contributed by atoms with Gasteiger partial charge in [0, 0.05) is 19.3 Å². The van der Waals surface area contributed by atoms with Crippen LogP contribution < -0.4 is 38.1 Å². The van der Waals surface area contributed by atoms with Gasteiger partial charge in [-0.1, -0.05) is 102 Å². The van der Waals surface area contributed by atoms with Crippen LogP contribution in [0.15, 0.2) is 0 Å². The molecule has 0 radical (unpaired) electrons. The Morgan fingerprint density at radius 3 is 1.31 bits per heavy atom. The van der Waals surface area contributed by atoms with Gasteiger partial charge < -0.3 is 58.5 Å². The molecule has 0 saturated carbocycles. The molecule has 0 aliphatic rings. The quantitative estimate of drug-likeness (QED) is 0.0314. The molecule has 5 amide bonds. The molecule has 0 bridgehead atoms. The molecule has 372 valence electrons. The second-order valence-electron chi connectivity index (χ2n) is 16.9. The van der Waals surface area contributed by atoms with Crippen molar-refractivity contribution in [1.82, 2.24) is 26.6 Å². The number of rotatable bonds is 39. The van der Waals surface area contributed by atoms with Crippen molar-refractivity contribution in [3.8, 4) is 23.7 Å². The predicted octanol–water partition coefficient (Wildman–Crippen LogP) is 2.95. The highest BCUT2D eigenvalue weighted by Crippen LogP contribution is 2.12. The molecule has 0 aromatic rings. The van der Waals surface area contributed by atoms with Crippen LogP contribution in [0, 0.1) is 23.7 Å². The molecule has 0 aliphatic carbocycles. The van der Waals surface area contributed by atoms with Gasteiger partial charge >= 0.3 is 5.97 Å². The highest BCUT2D eigenvalue weighted by atomic mass is 16.4. The summed E-state index contributed by atoms with van der Waals surface area (Å²) in [6.45, 7) is 4.42. The van der Waals surface area contributed by atoms with Crippen LogP contribution in [0.5, 0.6) is 0 Å². The van der Waals surface area contributed by atoms with Gasteiger partial charge in [-0.25, -0.2) is 4.79 Å². The number of amides is 5. The number of aliphatic hydroxyl groups is 3. The SMILES string of the molecule is CCCCCCCCCCCCC#CC#CCCCCCCCCC(=O)N[C@@H](CCCCN)C(=O)N[C@H](C(=O)N[C@H](C(=O)N[C@@H](CCCCN)C(=O)N[C@@H](CO)C(=O)O)[C@@H](C)O)[C@@H](C)O. The molecule has 0 heterocycles. The summed E-state index contributed by atoms with van der Waals surface area (Å²) in [5.41, 5.74) is 11.2. The predicted molar refractivity (Wildman–Crippen MR) is 252 cm³/mol. The Hall–Kier alpha value is -4.26. The van der Waals surface area contributed by atoms with Gasteiger partial charge in [-0.3, -0.25) is 24.0 Å². The number of carboxylic acid groups (broad SMARTS) is 1. The maximum Gasteiger partial charge on any atom is 0.328 e. The summed E-state index contributed by atoms with van der Waals surface area (Å²) in [6, 6.07) is -7.31. The molecule has 17 nitrogen and oxygen atoms in total. The number of carboxylic acids is 1. The number of aliphatic hydroxyl groups excluding tert-OH is 3. The summed E-state index contributed by atoms with van der Waals surface area (Å²) >= 11 is 0. The molecule has 65 heavy (non-hydrogen) atoms. The minimum Gasteiger partial charge on any atom is -0.480 e. The summed E-state index contributed by atoms with van der Waals surface area (Å²) < 4.78 is 0. The van der Waals surface area contributed by atoms with Crippen molar-refractivity contribution in [3.63, 3.8) is 0 Å². The van der Waals surface area contributed by atoms with Gasteiger partial charge in [0.2, 0.25) is 29.5 Å². The average molecular weight is 920 g/mol. The standard InChI is InChI=1S/C48H85N7O10/c1-4-5-6-7-8-9-10-11-12-13-14-15-16-17-18-19-20-21-22-23-24-25-32-41(59)51-38(30-26-28-33-49)45(61)54-43(37(3)58)47(63)55-42(36(2)57)46(62)52-39(31-27-29-34-50)44(60)53-40(35-56)48(64)65/h36-40,42-43,56-58H,4-14,19-35,49-50H2,1-3H3,(H,51,59)(H,52,62)(H,53,60)(H,54,61)(H,55,63)(H,64,65)/t36-,37-,38+,39+,40+,42+,43+/m1/s1. The van der Waals surface area contributed by atoms with Gasteiger partial charge in [0.1, 0.15) is 30.2 Å². The van der Waals surface area contributed by atoms with E-state index in [-0.39, 0.29) is 31.7 Å². The van der Waals surface area contributed by atoms with E-state index in [0.29, 0.717) is 38.6 Å². The van der Waals surface area contributed by atoms with Crippen molar-refractivity contribution in [1.29, 1.82) is 0 Å². The summed E-state index contributed by atoms with van der Waals surface area (Å²) in [5.74, 6) is 6.69. The Kier molecular flexibility index (Phi) is 37.4. The van der Waals surface area contributed by atoms with Crippen LogP contribution in [-0.4, -0.2) is 118 Å². The minimum absolute atomic E-state index is 0.0168. The maximum absolute atomic E-state index is 13.5. The number of hydrogen-bond donors (Lipinski definition) is 11. The fourth-order valence-electron chi connectivity index (χ4n) is 6.94. The smallest absolute Gasteiger partial charge is 0.328 e. The molecule has 0 fully saturated rings. The van der Waals surface area contributed by atoms with Crippen molar-refractivity contribution in [2.24, 2.45) is 11.5 Å². The lowest BCUT2D eigenvalue weighted by atomic mass is 10.0. The normalized spacial score (nSPS) is 14.1. The second kappa shape index (κ2) is 40.1. The van der Waals surface area contributed by atoms with E-state index in [0.717, 1.165) is 51.4 Å². The minimum atomic E-state index is -1.68. The van der Waals surface area contributed by atoms with Crippen LogP contribution >= 0.6 is 0 Å². The molecule has 0 aliphatic heterocycles. The highest BCUT2D eigenvalue weighted by Gasteiger charge is 2.35. The Labute approximate surface area is 388 Å². The molecule has 17 heteroatoms. The third-order valence-corrected chi connectivity index (χ3v) is 11.0. The number of nitrogens with one attached hydrogen (secondary N) is 5.